The summed E-state index contributed by atoms with van der Waals surface area (Å²) in [6.45, 7) is 2.84. The average Bonchev–Trinajstić information content (AvgIpc) is 3.01. The Morgan fingerprint density at radius 3 is 2.90 bits per heavy atom. The van der Waals surface area contributed by atoms with Gasteiger partial charge in [0.15, 0.2) is 0 Å². The first-order valence-electron chi connectivity index (χ1n) is 7.35. The maximum atomic E-state index is 9.81. The third-order valence-corrected chi connectivity index (χ3v) is 3.43. The third kappa shape index (κ3) is 5.82. The number of rotatable bonds is 8. The van der Waals surface area contributed by atoms with E-state index in [1.807, 2.05) is 12.1 Å². The van der Waals surface area contributed by atoms with Crippen molar-refractivity contribution in [2.75, 3.05) is 26.4 Å². The van der Waals surface area contributed by atoms with Gasteiger partial charge in [0.25, 0.3) is 0 Å². The molecule has 0 aliphatic carbocycles. The standard InChI is InChI=1S/C16H22N2O3/c17-8-13-3-5-14(6-4-13)9-18-10-15(19)11-20-12-16-2-1-7-21-16/h3-6,15-16,18-19H,1-2,7,9-12H2. The molecule has 2 N–H and O–H groups in total. The van der Waals surface area contributed by atoms with Gasteiger partial charge in [-0.15, -0.1) is 0 Å². The van der Waals surface area contributed by atoms with Gasteiger partial charge in [-0.3, -0.25) is 0 Å². The Bertz CT molecular complexity index is 450. The molecule has 2 rings (SSSR count). The number of nitrogens with zero attached hydrogens (tertiary/aromatic N) is 1. The zero-order valence-corrected chi connectivity index (χ0v) is 12.1. The Kier molecular flexibility index (Phi) is 6.64. The molecule has 1 aliphatic rings. The lowest BCUT2D eigenvalue weighted by Gasteiger charge is -2.14. The second-order valence-electron chi connectivity index (χ2n) is 5.27. The van der Waals surface area contributed by atoms with Crippen LogP contribution in [0.15, 0.2) is 24.3 Å². The van der Waals surface area contributed by atoms with Gasteiger partial charge in [-0.25, -0.2) is 0 Å². The van der Waals surface area contributed by atoms with Crippen molar-refractivity contribution < 1.29 is 14.6 Å². The van der Waals surface area contributed by atoms with E-state index in [2.05, 4.69) is 11.4 Å². The van der Waals surface area contributed by atoms with Crippen LogP contribution in [0.25, 0.3) is 0 Å². The van der Waals surface area contributed by atoms with E-state index < -0.39 is 6.10 Å². The zero-order valence-electron chi connectivity index (χ0n) is 12.1. The van der Waals surface area contributed by atoms with Gasteiger partial charge in [0.2, 0.25) is 0 Å². The van der Waals surface area contributed by atoms with Crippen LogP contribution in [0, 0.1) is 11.3 Å². The normalized spacial score (nSPS) is 19.3. The van der Waals surface area contributed by atoms with Gasteiger partial charge < -0.3 is 19.9 Å². The maximum Gasteiger partial charge on any atom is 0.0991 e. The number of aliphatic hydroxyl groups is 1. The summed E-state index contributed by atoms with van der Waals surface area (Å²) in [5.41, 5.74) is 1.74. The monoisotopic (exact) mass is 290 g/mol. The van der Waals surface area contributed by atoms with Crippen molar-refractivity contribution in [2.24, 2.45) is 0 Å². The summed E-state index contributed by atoms with van der Waals surface area (Å²) in [6, 6.07) is 9.48. The van der Waals surface area contributed by atoms with Gasteiger partial charge >= 0.3 is 0 Å². The fraction of sp³-hybridized carbons (Fsp3) is 0.562. The molecule has 2 unspecified atom stereocenters. The van der Waals surface area contributed by atoms with Crippen molar-refractivity contribution in [3.05, 3.63) is 35.4 Å². The first kappa shape index (κ1) is 15.9. The van der Waals surface area contributed by atoms with Gasteiger partial charge in [0, 0.05) is 19.7 Å². The number of hydrogen-bond donors (Lipinski definition) is 2. The molecule has 0 spiro atoms. The average molecular weight is 290 g/mol. The fourth-order valence-corrected chi connectivity index (χ4v) is 2.25. The Morgan fingerprint density at radius 1 is 1.43 bits per heavy atom. The molecule has 1 fully saturated rings. The summed E-state index contributed by atoms with van der Waals surface area (Å²) in [6.07, 6.45) is 1.82. The van der Waals surface area contributed by atoms with Gasteiger partial charge in [0.1, 0.15) is 0 Å². The molecule has 0 radical (unpaired) electrons. The Morgan fingerprint density at radius 2 is 2.24 bits per heavy atom. The topological polar surface area (TPSA) is 74.5 Å². The van der Waals surface area contributed by atoms with E-state index in [0.29, 0.717) is 31.9 Å². The molecule has 0 aromatic heterocycles. The second-order valence-corrected chi connectivity index (χ2v) is 5.27. The van der Waals surface area contributed by atoms with Crippen LogP contribution >= 0.6 is 0 Å². The molecule has 0 amide bonds. The van der Waals surface area contributed by atoms with Crippen molar-refractivity contribution in [1.29, 1.82) is 5.26 Å². The molecule has 114 valence electrons. The molecule has 1 aliphatic heterocycles. The summed E-state index contributed by atoms with van der Waals surface area (Å²) < 4.78 is 10.9. The van der Waals surface area contributed by atoms with Gasteiger partial charge in [-0.05, 0) is 30.5 Å². The molecule has 1 aromatic carbocycles. The van der Waals surface area contributed by atoms with Crippen LogP contribution < -0.4 is 5.32 Å². The summed E-state index contributed by atoms with van der Waals surface area (Å²) in [4.78, 5) is 0. The van der Waals surface area contributed by atoms with Crippen molar-refractivity contribution >= 4 is 0 Å². The lowest BCUT2D eigenvalue weighted by atomic mass is 10.1. The van der Waals surface area contributed by atoms with Crippen LogP contribution in [-0.2, 0) is 16.0 Å². The molecule has 5 nitrogen and oxygen atoms in total. The second kappa shape index (κ2) is 8.75. The number of nitrogens with one attached hydrogen (secondary N) is 1. The maximum absolute atomic E-state index is 9.81. The van der Waals surface area contributed by atoms with E-state index in [-0.39, 0.29) is 6.10 Å². The van der Waals surface area contributed by atoms with Crippen molar-refractivity contribution in [1.82, 2.24) is 5.32 Å². The van der Waals surface area contributed by atoms with E-state index in [1.54, 1.807) is 12.1 Å². The number of aliphatic hydroxyl groups excluding tert-OH is 1. The number of nitriles is 1. The lowest BCUT2D eigenvalue weighted by molar-refractivity contribution is -0.0164. The number of benzene rings is 1. The molecular weight excluding hydrogens is 268 g/mol. The third-order valence-electron chi connectivity index (χ3n) is 3.43. The Labute approximate surface area is 125 Å². The highest BCUT2D eigenvalue weighted by Gasteiger charge is 2.15. The van der Waals surface area contributed by atoms with Crippen LogP contribution in [0.5, 0.6) is 0 Å². The summed E-state index contributed by atoms with van der Waals surface area (Å²) >= 11 is 0. The van der Waals surface area contributed by atoms with E-state index in [0.717, 1.165) is 25.0 Å². The van der Waals surface area contributed by atoms with Crippen molar-refractivity contribution in [3.8, 4) is 6.07 Å². The van der Waals surface area contributed by atoms with Crippen LogP contribution in [0.1, 0.15) is 24.0 Å². The fourth-order valence-electron chi connectivity index (χ4n) is 2.25. The van der Waals surface area contributed by atoms with Crippen LogP contribution in [0.2, 0.25) is 0 Å². The van der Waals surface area contributed by atoms with E-state index in [1.165, 1.54) is 0 Å². The van der Waals surface area contributed by atoms with Gasteiger partial charge in [-0.1, -0.05) is 12.1 Å². The zero-order chi connectivity index (χ0) is 14.9. The van der Waals surface area contributed by atoms with Crippen LogP contribution in [0.3, 0.4) is 0 Å². The number of hydrogen-bond acceptors (Lipinski definition) is 5. The molecule has 1 saturated heterocycles. The highest BCUT2D eigenvalue weighted by molar-refractivity contribution is 5.31. The van der Waals surface area contributed by atoms with Crippen molar-refractivity contribution in [2.45, 2.75) is 31.6 Å². The smallest absolute Gasteiger partial charge is 0.0991 e. The van der Waals surface area contributed by atoms with Crippen LogP contribution in [-0.4, -0.2) is 43.7 Å². The molecule has 2 atom stereocenters. The lowest BCUT2D eigenvalue weighted by Crippen LogP contribution is -2.31. The minimum atomic E-state index is -0.523. The highest BCUT2D eigenvalue weighted by Crippen LogP contribution is 2.11. The predicted octanol–water partition coefficient (Wildman–Crippen LogP) is 1.20. The van der Waals surface area contributed by atoms with Crippen LogP contribution in [0.4, 0.5) is 0 Å². The Balaban J connectivity index is 1.55. The summed E-state index contributed by atoms with van der Waals surface area (Å²) in [7, 11) is 0. The molecule has 5 heteroatoms. The minimum absolute atomic E-state index is 0.198. The van der Waals surface area contributed by atoms with Crippen molar-refractivity contribution in [3.63, 3.8) is 0 Å². The summed E-state index contributed by atoms with van der Waals surface area (Å²) in [5, 5.41) is 21.7. The predicted molar refractivity (Wildman–Crippen MR) is 78.7 cm³/mol. The molecule has 1 aromatic rings. The molecule has 21 heavy (non-hydrogen) atoms. The van der Waals surface area contributed by atoms with E-state index in [9.17, 15) is 5.11 Å². The molecule has 1 heterocycles. The molecule has 0 bridgehead atoms. The van der Waals surface area contributed by atoms with E-state index >= 15 is 0 Å². The molecular formula is C16H22N2O3. The minimum Gasteiger partial charge on any atom is -0.389 e. The van der Waals surface area contributed by atoms with Gasteiger partial charge in [0.05, 0.1) is 37.1 Å². The van der Waals surface area contributed by atoms with E-state index in [4.69, 9.17) is 14.7 Å². The molecule has 0 saturated carbocycles. The largest absolute Gasteiger partial charge is 0.389 e. The van der Waals surface area contributed by atoms with Gasteiger partial charge in [-0.2, -0.15) is 5.26 Å². The number of ether oxygens (including phenoxy) is 2. The summed E-state index contributed by atoms with van der Waals surface area (Å²) in [5.74, 6) is 0. The first-order valence-corrected chi connectivity index (χ1v) is 7.35. The SMILES string of the molecule is N#Cc1ccc(CNCC(O)COCC2CCCO2)cc1. The highest BCUT2D eigenvalue weighted by atomic mass is 16.5. The quantitative estimate of drug-likeness (QED) is 0.752. The Hall–Kier alpha value is -1.45. The first-order chi connectivity index (χ1) is 10.3.